The molecule has 0 bridgehead atoms. The number of hydrogen-bond acceptors (Lipinski definition) is 15. The molecule has 104 heavy (non-hydrogen) atoms. The first kappa shape index (κ1) is 102. The monoisotopic (exact) mass is 1520 g/mol. The van der Waals surface area contributed by atoms with Crippen molar-refractivity contribution in [3.05, 3.63) is 0 Å². The molecule has 3 unspecified atom stereocenters. The first-order chi connectivity index (χ1) is 50.4. The molecule has 0 aliphatic rings. The van der Waals surface area contributed by atoms with Crippen molar-refractivity contribution in [3.63, 3.8) is 0 Å². The van der Waals surface area contributed by atoms with Gasteiger partial charge in [-0.15, -0.1) is 0 Å². The van der Waals surface area contributed by atoms with Gasteiger partial charge in [0.1, 0.15) is 19.3 Å². The molecule has 0 heterocycles. The van der Waals surface area contributed by atoms with Gasteiger partial charge in [-0.25, -0.2) is 9.13 Å². The Kier molecular flexibility index (Phi) is 75.0. The molecule has 618 valence electrons. The molecule has 3 N–H and O–H groups in total. The van der Waals surface area contributed by atoms with Crippen LogP contribution in [0.4, 0.5) is 0 Å². The molecule has 0 aromatic heterocycles. The molecule has 0 aromatic rings. The summed E-state index contributed by atoms with van der Waals surface area (Å²) in [6, 6.07) is 0. The van der Waals surface area contributed by atoms with Crippen molar-refractivity contribution in [3.8, 4) is 0 Å². The fourth-order valence-electron chi connectivity index (χ4n) is 13.2. The largest absolute Gasteiger partial charge is 0.472 e. The van der Waals surface area contributed by atoms with Gasteiger partial charge < -0.3 is 33.8 Å². The second-order valence-electron chi connectivity index (χ2n) is 31.3. The van der Waals surface area contributed by atoms with Crippen molar-refractivity contribution >= 4 is 39.5 Å². The number of aliphatic hydroxyl groups excluding tert-OH is 1. The molecule has 0 spiro atoms. The lowest BCUT2D eigenvalue weighted by Crippen LogP contribution is -2.30. The lowest BCUT2D eigenvalue weighted by molar-refractivity contribution is -0.161. The predicted octanol–water partition coefficient (Wildman–Crippen LogP) is 25.8. The normalized spacial score (nSPS) is 14.1. The van der Waals surface area contributed by atoms with Crippen LogP contribution in [0.1, 0.15) is 452 Å². The van der Waals surface area contributed by atoms with Gasteiger partial charge >= 0.3 is 39.5 Å². The third-order valence-corrected chi connectivity index (χ3v) is 22.2. The Morgan fingerprint density at radius 2 is 0.490 bits per heavy atom. The quantitative estimate of drug-likeness (QED) is 0.0222. The maximum absolute atomic E-state index is 13.1. The zero-order valence-electron chi connectivity index (χ0n) is 68.3. The minimum Gasteiger partial charge on any atom is -0.462 e. The summed E-state index contributed by atoms with van der Waals surface area (Å²) in [7, 11) is -9.92. The van der Waals surface area contributed by atoms with Crippen molar-refractivity contribution in [2.45, 2.75) is 471 Å². The van der Waals surface area contributed by atoms with E-state index in [0.29, 0.717) is 25.7 Å². The molecule has 0 rings (SSSR count). The number of carbonyl (C=O) groups excluding carboxylic acids is 4. The number of ether oxygens (including phenoxy) is 4. The van der Waals surface area contributed by atoms with Gasteiger partial charge in [0, 0.05) is 25.7 Å². The van der Waals surface area contributed by atoms with E-state index in [2.05, 4.69) is 41.5 Å². The van der Waals surface area contributed by atoms with Gasteiger partial charge in [0.25, 0.3) is 0 Å². The lowest BCUT2D eigenvalue weighted by atomic mass is 9.99. The molecule has 0 saturated heterocycles. The minimum atomic E-state index is -4.96. The Labute approximate surface area is 638 Å². The first-order valence-corrected chi connectivity index (χ1v) is 47.0. The number of phosphoric ester groups is 2. The summed E-state index contributed by atoms with van der Waals surface area (Å²) in [5, 5.41) is 10.7. The maximum atomic E-state index is 13.1. The summed E-state index contributed by atoms with van der Waals surface area (Å²) in [4.78, 5) is 73.1. The Balaban J connectivity index is 5.22. The van der Waals surface area contributed by atoms with Crippen LogP contribution < -0.4 is 0 Å². The minimum absolute atomic E-state index is 0.107. The fourth-order valence-corrected chi connectivity index (χ4v) is 14.8. The van der Waals surface area contributed by atoms with Gasteiger partial charge in [0.05, 0.1) is 26.4 Å². The number of unbranched alkanes of at least 4 members (excludes halogenated alkanes) is 53. The van der Waals surface area contributed by atoms with Gasteiger partial charge in [-0.2, -0.15) is 0 Å². The van der Waals surface area contributed by atoms with Crippen LogP contribution in [0.15, 0.2) is 0 Å². The van der Waals surface area contributed by atoms with Crippen LogP contribution in [0, 0.1) is 11.8 Å². The van der Waals surface area contributed by atoms with Crippen LogP contribution >= 0.6 is 15.6 Å². The Bertz CT molecular complexity index is 2000. The van der Waals surface area contributed by atoms with E-state index in [9.17, 15) is 43.2 Å². The summed E-state index contributed by atoms with van der Waals surface area (Å²) in [5.41, 5.74) is 0. The summed E-state index contributed by atoms with van der Waals surface area (Å²) in [6.45, 7) is 9.72. The predicted molar refractivity (Wildman–Crippen MR) is 428 cm³/mol. The molecule has 0 aromatic carbocycles. The van der Waals surface area contributed by atoms with E-state index in [1.54, 1.807) is 0 Å². The van der Waals surface area contributed by atoms with Crippen LogP contribution in [0.3, 0.4) is 0 Å². The molecule has 0 amide bonds. The molecule has 6 atom stereocenters. The molecule has 17 nitrogen and oxygen atoms in total. The third kappa shape index (κ3) is 76.8. The topological polar surface area (TPSA) is 237 Å². The van der Waals surface area contributed by atoms with Crippen LogP contribution in [0.25, 0.3) is 0 Å². The van der Waals surface area contributed by atoms with Crippen LogP contribution in [0.5, 0.6) is 0 Å². The molecular weight excluding hydrogens is 1350 g/mol. The van der Waals surface area contributed by atoms with Crippen molar-refractivity contribution in [2.75, 3.05) is 39.6 Å². The van der Waals surface area contributed by atoms with Gasteiger partial charge in [0.15, 0.2) is 12.2 Å². The number of esters is 4. The molecular formula is C85H166O17P2. The van der Waals surface area contributed by atoms with Gasteiger partial charge in [-0.3, -0.25) is 37.3 Å². The second-order valence-corrected chi connectivity index (χ2v) is 34.2. The second kappa shape index (κ2) is 76.4. The summed E-state index contributed by atoms with van der Waals surface area (Å²) in [5.74, 6) is -0.467. The lowest BCUT2D eigenvalue weighted by Gasteiger charge is -2.21. The Hall–Kier alpha value is -1.94. The molecule has 19 heteroatoms. The van der Waals surface area contributed by atoms with Crippen molar-refractivity contribution in [1.29, 1.82) is 0 Å². The molecule has 0 radical (unpaired) electrons. The number of phosphoric acid groups is 2. The Morgan fingerprint density at radius 1 is 0.279 bits per heavy atom. The average Bonchev–Trinajstić information content (AvgIpc) is 0.927. The van der Waals surface area contributed by atoms with E-state index in [4.69, 9.17) is 37.0 Å². The molecule has 0 fully saturated rings. The summed E-state index contributed by atoms with van der Waals surface area (Å²) in [6.07, 6.45) is 68.0. The van der Waals surface area contributed by atoms with Crippen molar-refractivity contribution in [2.24, 2.45) is 11.8 Å². The van der Waals surface area contributed by atoms with Crippen LogP contribution in [-0.2, 0) is 65.4 Å². The van der Waals surface area contributed by atoms with Crippen LogP contribution in [0.2, 0.25) is 0 Å². The van der Waals surface area contributed by atoms with E-state index in [1.807, 2.05) is 0 Å². The number of hydrogen-bond donors (Lipinski definition) is 3. The smallest absolute Gasteiger partial charge is 0.462 e. The van der Waals surface area contributed by atoms with E-state index in [-0.39, 0.29) is 25.7 Å². The highest BCUT2D eigenvalue weighted by Crippen LogP contribution is 2.45. The highest BCUT2D eigenvalue weighted by Gasteiger charge is 2.30. The Morgan fingerprint density at radius 3 is 0.731 bits per heavy atom. The number of rotatable bonds is 84. The number of carbonyl (C=O) groups is 4. The highest BCUT2D eigenvalue weighted by atomic mass is 31.2. The van der Waals surface area contributed by atoms with Crippen molar-refractivity contribution in [1.82, 2.24) is 0 Å². The third-order valence-electron chi connectivity index (χ3n) is 20.3. The number of aliphatic hydroxyl groups is 1. The molecule has 0 aliphatic carbocycles. The first-order valence-electron chi connectivity index (χ1n) is 44.0. The zero-order valence-corrected chi connectivity index (χ0v) is 70.1. The van der Waals surface area contributed by atoms with Gasteiger partial charge in [0.2, 0.25) is 0 Å². The van der Waals surface area contributed by atoms with Gasteiger partial charge in [-0.05, 0) is 37.5 Å². The maximum Gasteiger partial charge on any atom is 0.472 e. The van der Waals surface area contributed by atoms with E-state index in [0.717, 1.165) is 102 Å². The van der Waals surface area contributed by atoms with Crippen molar-refractivity contribution < 1.29 is 80.2 Å². The average molecular weight is 1520 g/mol. The fraction of sp³-hybridized carbons (Fsp3) is 0.953. The molecule has 0 saturated carbocycles. The zero-order chi connectivity index (χ0) is 76.4. The van der Waals surface area contributed by atoms with Crippen LogP contribution in [-0.4, -0.2) is 96.7 Å². The van der Waals surface area contributed by atoms with E-state index in [1.165, 1.54) is 270 Å². The van der Waals surface area contributed by atoms with E-state index >= 15 is 0 Å². The summed E-state index contributed by atoms with van der Waals surface area (Å²) >= 11 is 0. The summed E-state index contributed by atoms with van der Waals surface area (Å²) < 4.78 is 68.8. The highest BCUT2D eigenvalue weighted by molar-refractivity contribution is 7.47. The standard InChI is InChI=1S/C85H166O17P2/c1-7-10-12-14-16-18-20-21-22-23-27-30-33-38-44-50-56-62-68-83(88)96-74-81(101-84(89)69-63-57-51-45-39-34-31-28-25-24-26-29-32-37-42-48-54-60-66-78(6)9-3)76-100-104(93,94)98-72-79(86)71-97-103(91,92)99-75-80(73-95-82(87)67-61-55-49-43-19-17-15-13-11-8-2)102-85(90)70-64-58-52-46-40-35-36-41-47-53-59-65-77(4)5/h77-81,86H,7-76H2,1-6H3,(H,91,92)(H,93,94)/t78?,79-,80+,81+/m0/s1. The SMILES string of the molecule is CCCCCCCCCCCCCCCCCCCCC(=O)OC[C@H](COP(=O)(O)OC[C@@H](O)COP(=O)(O)OC[C@@H](COC(=O)CCCCCCCCCCCC)OC(=O)CCCCCCCCCCCCCC(C)C)OC(=O)CCCCCCCCCCCCCCCCCCCCC(C)CC. The van der Waals surface area contributed by atoms with E-state index < -0.39 is 97.5 Å². The molecule has 0 aliphatic heterocycles. The van der Waals surface area contributed by atoms with Gasteiger partial charge in [-0.1, -0.05) is 401 Å².